The van der Waals surface area contributed by atoms with Gasteiger partial charge in [0.05, 0.1) is 0 Å². The predicted octanol–water partition coefficient (Wildman–Crippen LogP) is 2.86. The first-order valence-corrected chi connectivity index (χ1v) is 8.69. The van der Waals surface area contributed by atoms with Crippen molar-refractivity contribution in [3.8, 4) is 0 Å². The summed E-state index contributed by atoms with van der Waals surface area (Å²) in [5.74, 6) is -0.00423. The highest BCUT2D eigenvalue weighted by Crippen LogP contribution is 2.34. The van der Waals surface area contributed by atoms with Crippen LogP contribution in [0.15, 0.2) is 72.8 Å². The minimum absolute atomic E-state index is 0.00423. The predicted molar refractivity (Wildman–Crippen MR) is 102 cm³/mol. The highest BCUT2D eigenvalue weighted by Gasteiger charge is 2.43. The number of para-hydroxylation sites is 1. The van der Waals surface area contributed by atoms with Crippen LogP contribution in [-0.4, -0.2) is 24.5 Å². The molecular weight excluding hydrogens is 310 g/mol. The van der Waals surface area contributed by atoms with Crippen molar-refractivity contribution in [3.05, 3.63) is 78.4 Å². The molecule has 4 heteroatoms. The Kier molecular flexibility index (Phi) is 5.19. The Morgan fingerprint density at radius 2 is 1.80 bits per heavy atom. The van der Waals surface area contributed by atoms with Gasteiger partial charge in [-0.1, -0.05) is 60.7 Å². The zero-order chi connectivity index (χ0) is 17.7. The number of hydrogen-bond acceptors (Lipinski definition) is 3. The van der Waals surface area contributed by atoms with Crippen molar-refractivity contribution < 1.29 is 4.79 Å². The Morgan fingerprint density at radius 1 is 1.16 bits per heavy atom. The molecule has 0 saturated heterocycles. The van der Waals surface area contributed by atoms with Crippen molar-refractivity contribution in [1.29, 1.82) is 0 Å². The Morgan fingerprint density at radius 3 is 2.36 bits per heavy atom. The smallest absolute Gasteiger partial charge is 0.249 e. The van der Waals surface area contributed by atoms with E-state index in [9.17, 15) is 4.79 Å². The molecule has 2 aromatic carbocycles. The van der Waals surface area contributed by atoms with E-state index in [-0.39, 0.29) is 11.9 Å². The Bertz CT molecular complexity index is 729. The van der Waals surface area contributed by atoms with E-state index in [1.165, 1.54) is 0 Å². The summed E-state index contributed by atoms with van der Waals surface area (Å²) in [5, 5.41) is 2.85. The second-order valence-electron chi connectivity index (χ2n) is 6.47. The van der Waals surface area contributed by atoms with Crippen LogP contribution in [-0.2, 0) is 11.3 Å². The van der Waals surface area contributed by atoms with Crippen LogP contribution >= 0.6 is 0 Å². The van der Waals surface area contributed by atoms with Gasteiger partial charge >= 0.3 is 0 Å². The van der Waals surface area contributed by atoms with Crippen molar-refractivity contribution in [2.24, 2.45) is 5.73 Å². The van der Waals surface area contributed by atoms with Crippen LogP contribution in [0.1, 0.15) is 18.4 Å². The van der Waals surface area contributed by atoms with Gasteiger partial charge in [0.15, 0.2) is 0 Å². The van der Waals surface area contributed by atoms with Gasteiger partial charge in [-0.05, 0) is 30.5 Å². The summed E-state index contributed by atoms with van der Waals surface area (Å²) in [6.45, 7) is 0.651. The quantitative estimate of drug-likeness (QED) is 0.826. The summed E-state index contributed by atoms with van der Waals surface area (Å²) < 4.78 is 0. The molecule has 0 aromatic heterocycles. The van der Waals surface area contributed by atoms with E-state index in [0.29, 0.717) is 13.0 Å². The third-order valence-electron chi connectivity index (χ3n) is 4.83. The van der Waals surface area contributed by atoms with Gasteiger partial charge in [0.25, 0.3) is 0 Å². The van der Waals surface area contributed by atoms with Crippen LogP contribution in [0.25, 0.3) is 0 Å². The molecular formula is C21H25N3O. The van der Waals surface area contributed by atoms with Crippen molar-refractivity contribution in [3.63, 3.8) is 0 Å². The van der Waals surface area contributed by atoms with Crippen LogP contribution in [0.2, 0.25) is 0 Å². The molecule has 0 radical (unpaired) electrons. The van der Waals surface area contributed by atoms with Gasteiger partial charge in [0.2, 0.25) is 5.91 Å². The van der Waals surface area contributed by atoms with Crippen molar-refractivity contribution >= 4 is 11.6 Å². The molecule has 0 saturated carbocycles. The first-order valence-electron chi connectivity index (χ1n) is 8.69. The fourth-order valence-corrected chi connectivity index (χ4v) is 3.44. The molecule has 1 aliphatic carbocycles. The Balaban J connectivity index is 2.07. The lowest BCUT2D eigenvalue weighted by Gasteiger charge is -2.44. The number of carbonyl (C=O) groups excluding carboxylic acids is 1. The third kappa shape index (κ3) is 3.59. The monoisotopic (exact) mass is 335 g/mol. The second kappa shape index (κ2) is 7.53. The number of hydrogen-bond donors (Lipinski definition) is 2. The second-order valence-corrected chi connectivity index (χ2v) is 6.47. The Hall–Kier alpha value is -2.59. The van der Waals surface area contributed by atoms with E-state index in [4.69, 9.17) is 5.73 Å². The molecule has 2 unspecified atom stereocenters. The van der Waals surface area contributed by atoms with Crippen molar-refractivity contribution in [2.45, 2.75) is 31.0 Å². The number of carbonyl (C=O) groups is 1. The van der Waals surface area contributed by atoms with Gasteiger partial charge in [-0.25, -0.2) is 0 Å². The number of nitrogens with zero attached hydrogens (tertiary/aromatic N) is 1. The first kappa shape index (κ1) is 17.2. The summed E-state index contributed by atoms with van der Waals surface area (Å²) in [7, 11) is 1.69. The van der Waals surface area contributed by atoms with Gasteiger partial charge in [-0.2, -0.15) is 0 Å². The molecule has 25 heavy (non-hydrogen) atoms. The fourth-order valence-electron chi connectivity index (χ4n) is 3.44. The van der Waals surface area contributed by atoms with Crippen molar-refractivity contribution in [2.75, 3.05) is 11.9 Å². The van der Waals surface area contributed by atoms with Crippen molar-refractivity contribution in [1.82, 2.24) is 5.32 Å². The topological polar surface area (TPSA) is 58.4 Å². The number of amides is 1. The average molecular weight is 335 g/mol. The summed E-state index contributed by atoms with van der Waals surface area (Å²) in [4.78, 5) is 15.1. The van der Waals surface area contributed by atoms with E-state index < -0.39 is 5.54 Å². The number of anilines is 1. The maximum absolute atomic E-state index is 13.0. The zero-order valence-electron chi connectivity index (χ0n) is 14.6. The fraction of sp³-hybridized carbons (Fsp3) is 0.286. The molecule has 0 spiro atoms. The molecule has 4 nitrogen and oxygen atoms in total. The standard InChI is InChI=1S/C21H25N3O/c1-23-20(25)21(14-12-18(22)13-15-21)24(19-10-6-3-7-11-19)16-17-8-4-2-5-9-17/h2-12,14,18H,13,15-16,22H2,1H3,(H,23,25). The molecule has 0 aliphatic heterocycles. The molecule has 2 atom stereocenters. The molecule has 1 aliphatic rings. The molecule has 3 N–H and O–H groups in total. The Labute approximate surface area is 149 Å². The maximum atomic E-state index is 13.0. The number of benzene rings is 2. The van der Waals surface area contributed by atoms with E-state index >= 15 is 0 Å². The highest BCUT2D eigenvalue weighted by molar-refractivity contribution is 5.92. The summed E-state index contributed by atoms with van der Waals surface area (Å²) in [6.07, 6.45) is 5.41. The highest BCUT2D eigenvalue weighted by atomic mass is 16.2. The molecule has 130 valence electrons. The lowest BCUT2D eigenvalue weighted by molar-refractivity contribution is -0.124. The number of nitrogens with two attached hydrogens (primary N) is 1. The van der Waals surface area contributed by atoms with Gasteiger partial charge < -0.3 is 16.0 Å². The first-order chi connectivity index (χ1) is 12.2. The minimum Gasteiger partial charge on any atom is -0.357 e. The van der Waals surface area contributed by atoms with Crippen LogP contribution in [0, 0.1) is 0 Å². The third-order valence-corrected chi connectivity index (χ3v) is 4.83. The molecule has 3 rings (SSSR count). The van der Waals surface area contributed by atoms with Gasteiger partial charge in [-0.15, -0.1) is 0 Å². The molecule has 0 fully saturated rings. The number of rotatable bonds is 5. The van der Waals surface area contributed by atoms with E-state index in [1.54, 1.807) is 7.05 Å². The summed E-state index contributed by atoms with van der Waals surface area (Å²) in [6, 6.07) is 20.3. The summed E-state index contributed by atoms with van der Waals surface area (Å²) >= 11 is 0. The van der Waals surface area contributed by atoms with Gasteiger partial charge in [0, 0.05) is 25.3 Å². The lowest BCUT2D eigenvalue weighted by atomic mass is 9.82. The van der Waals surface area contributed by atoms with Crippen LogP contribution in [0.5, 0.6) is 0 Å². The zero-order valence-corrected chi connectivity index (χ0v) is 14.6. The molecule has 0 bridgehead atoms. The minimum atomic E-state index is -0.734. The summed E-state index contributed by atoms with van der Waals surface area (Å²) in [5.41, 5.74) is 7.51. The average Bonchev–Trinajstić information content (AvgIpc) is 2.68. The molecule has 2 aromatic rings. The number of nitrogens with one attached hydrogen (secondary N) is 1. The number of likely N-dealkylation sites (N-methyl/N-ethyl adjacent to an activating group) is 1. The SMILES string of the molecule is CNC(=O)C1(N(Cc2ccccc2)c2ccccc2)C=CC(N)CC1. The van der Waals surface area contributed by atoms with Gasteiger partial charge in [-0.3, -0.25) is 4.79 Å². The largest absolute Gasteiger partial charge is 0.357 e. The van der Waals surface area contributed by atoms with E-state index in [0.717, 1.165) is 17.7 Å². The van der Waals surface area contributed by atoms with Gasteiger partial charge in [0.1, 0.15) is 5.54 Å². The normalized spacial score (nSPS) is 22.4. The van der Waals surface area contributed by atoms with Crippen LogP contribution in [0.3, 0.4) is 0 Å². The molecule has 0 heterocycles. The molecule has 1 amide bonds. The lowest BCUT2D eigenvalue weighted by Crippen LogP contribution is -2.59. The maximum Gasteiger partial charge on any atom is 0.249 e. The van der Waals surface area contributed by atoms with E-state index in [1.807, 2.05) is 48.6 Å². The van der Waals surface area contributed by atoms with E-state index in [2.05, 4.69) is 34.5 Å². The van der Waals surface area contributed by atoms with Crippen LogP contribution in [0.4, 0.5) is 5.69 Å². The van der Waals surface area contributed by atoms with Crippen LogP contribution < -0.4 is 16.0 Å².